The van der Waals surface area contributed by atoms with Crippen molar-refractivity contribution in [3.8, 4) is 0 Å². The summed E-state index contributed by atoms with van der Waals surface area (Å²) in [5.41, 5.74) is 2.37. The van der Waals surface area contributed by atoms with Crippen LogP contribution in [0.1, 0.15) is 44.6 Å². The van der Waals surface area contributed by atoms with Gasteiger partial charge in [0.1, 0.15) is 0 Å². The lowest BCUT2D eigenvalue weighted by molar-refractivity contribution is 0.161. The highest BCUT2D eigenvalue weighted by Gasteiger charge is 2.26. The molecular weight excluding hydrogens is 370 g/mol. The first-order valence-electron chi connectivity index (χ1n) is 10.2. The number of benzene rings is 1. The number of anilines is 2. The molecule has 1 N–H and O–H groups in total. The van der Waals surface area contributed by atoms with Crippen molar-refractivity contribution >= 4 is 23.5 Å². The number of hydrogen-bond donors (Lipinski definition) is 1. The SMILES string of the molecule is CCOC(=O)N(C)c1ccc(NC(=O)N(Cc2ccoc2)C2CCCCC2)cc1. The van der Waals surface area contributed by atoms with E-state index < -0.39 is 6.09 Å². The Morgan fingerprint density at radius 3 is 2.48 bits per heavy atom. The molecule has 0 bridgehead atoms. The second-order valence-corrected chi connectivity index (χ2v) is 7.29. The fourth-order valence-corrected chi connectivity index (χ4v) is 3.63. The number of amides is 3. The quantitative estimate of drug-likeness (QED) is 0.721. The molecule has 1 aromatic heterocycles. The molecule has 1 heterocycles. The molecule has 0 saturated heterocycles. The van der Waals surface area contributed by atoms with E-state index in [0.717, 1.165) is 31.2 Å². The van der Waals surface area contributed by atoms with Crippen molar-refractivity contribution in [2.45, 2.75) is 51.6 Å². The number of urea groups is 1. The molecule has 156 valence electrons. The van der Waals surface area contributed by atoms with Gasteiger partial charge in [-0.2, -0.15) is 0 Å². The molecule has 0 atom stereocenters. The Morgan fingerprint density at radius 1 is 1.14 bits per heavy atom. The normalized spacial score (nSPS) is 14.3. The van der Waals surface area contributed by atoms with Crippen LogP contribution in [0.2, 0.25) is 0 Å². The van der Waals surface area contributed by atoms with Crippen molar-refractivity contribution in [2.24, 2.45) is 0 Å². The van der Waals surface area contributed by atoms with Gasteiger partial charge >= 0.3 is 12.1 Å². The second kappa shape index (κ2) is 10.0. The van der Waals surface area contributed by atoms with E-state index in [1.54, 1.807) is 50.8 Å². The molecule has 2 aromatic rings. The van der Waals surface area contributed by atoms with E-state index >= 15 is 0 Å². The van der Waals surface area contributed by atoms with Gasteiger partial charge in [-0.15, -0.1) is 0 Å². The Balaban J connectivity index is 1.67. The first kappa shape index (κ1) is 20.8. The molecule has 29 heavy (non-hydrogen) atoms. The van der Waals surface area contributed by atoms with E-state index in [4.69, 9.17) is 9.15 Å². The molecule has 7 heteroatoms. The third-order valence-electron chi connectivity index (χ3n) is 5.26. The topological polar surface area (TPSA) is 75.0 Å². The predicted octanol–water partition coefficient (Wildman–Crippen LogP) is 5.24. The Labute approximate surface area is 171 Å². The minimum absolute atomic E-state index is 0.121. The van der Waals surface area contributed by atoms with E-state index in [1.807, 2.05) is 11.0 Å². The van der Waals surface area contributed by atoms with Crippen LogP contribution in [0.5, 0.6) is 0 Å². The number of nitrogens with zero attached hydrogens (tertiary/aromatic N) is 2. The van der Waals surface area contributed by atoms with E-state index in [9.17, 15) is 9.59 Å². The fourth-order valence-electron chi connectivity index (χ4n) is 3.63. The van der Waals surface area contributed by atoms with Crippen molar-refractivity contribution in [3.05, 3.63) is 48.4 Å². The van der Waals surface area contributed by atoms with Gasteiger partial charge in [0.05, 0.1) is 25.7 Å². The van der Waals surface area contributed by atoms with Crippen LogP contribution in [-0.4, -0.2) is 36.7 Å². The summed E-state index contributed by atoms with van der Waals surface area (Å²) < 4.78 is 10.2. The minimum Gasteiger partial charge on any atom is -0.472 e. The number of rotatable bonds is 6. The Kier molecular flexibility index (Phi) is 7.16. The largest absolute Gasteiger partial charge is 0.472 e. The van der Waals surface area contributed by atoms with Crippen LogP contribution < -0.4 is 10.2 Å². The molecule has 0 radical (unpaired) electrons. The van der Waals surface area contributed by atoms with Crippen LogP contribution in [0.3, 0.4) is 0 Å². The van der Waals surface area contributed by atoms with Gasteiger partial charge in [-0.3, -0.25) is 4.90 Å². The monoisotopic (exact) mass is 399 g/mol. The van der Waals surface area contributed by atoms with E-state index in [-0.39, 0.29) is 12.1 Å². The molecule has 0 spiro atoms. The van der Waals surface area contributed by atoms with Crippen molar-refractivity contribution in [1.82, 2.24) is 4.90 Å². The molecule has 0 unspecified atom stereocenters. The molecule has 7 nitrogen and oxygen atoms in total. The van der Waals surface area contributed by atoms with Crippen LogP contribution in [0.15, 0.2) is 47.3 Å². The number of nitrogens with one attached hydrogen (secondary N) is 1. The fraction of sp³-hybridized carbons (Fsp3) is 0.455. The van der Waals surface area contributed by atoms with Gasteiger partial charge < -0.3 is 19.4 Å². The summed E-state index contributed by atoms with van der Waals surface area (Å²) in [6, 6.07) is 9.15. The minimum atomic E-state index is -0.409. The van der Waals surface area contributed by atoms with Gasteiger partial charge in [0.15, 0.2) is 0 Å². The maximum Gasteiger partial charge on any atom is 0.413 e. The zero-order valence-electron chi connectivity index (χ0n) is 17.1. The van der Waals surface area contributed by atoms with Gasteiger partial charge in [0, 0.05) is 30.0 Å². The zero-order chi connectivity index (χ0) is 20.6. The average molecular weight is 399 g/mol. The first-order chi connectivity index (χ1) is 14.1. The number of hydrogen-bond acceptors (Lipinski definition) is 4. The third kappa shape index (κ3) is 5.53. The Hall–Kier alpha value is -2.96. The summed E-state index contributed by atoms with van der Waals surface area (Å²) in [7, 11) is 1.65. The molecule has 0 aliphatic heterocycles. The molecular formula is C22H29N3O4. The third-order valence-corrected chi connectivity index (χ3v) is 5.26. The van der Waals surface area contributed by atoms with Gasteiger partial charge in [-0.25, -0.2) is 9.59 Å². The summed E-state index contributed by atoms with van der Waals surface area (Å²) in [6.45, 7) is 2.62. The van der Waals surface area contributed by atoms with Crippen LogP contribution in [0, 0.1) is 0 Å². The van der Waals surface area contributed by atoms with Crippen molar-refractivity contribution in [2.75, 3.05) is 23.9 Å². The summed E-state index contributed by atoms with van der Waals surface area (Å²) in [6.07, 6.45) is 8.47. The summed E-state index contributed by atoms with van der Waals surface area (Å²) in [5, 5.41) is 2.99. The summed E-state index contributed by atoms with van der Waals surface area (Å²) in [4.78, 5) is 28.2. The van der Waals surface area contributed by atoms with Gasteiger partial charge in [-0.05, 0) is 50.1 Å². The van der Waals surface area contributed by atoms with E-state index in [1.165, 1.54) is 11.3 Å². The lowest BCUT2D eigenvalue weighted by Gasteiger charge is -2.34. The Morgan fingerprint density at radius 2 is 1.86 bits per heavy atom. The molecule has 1 saturated carbocycles. The number of carbonyl (C=O) groups is 2. The maximum absolute atomic E-state index is 13.1. The van der Waals surface area contributed by atoms with Crippen LogP contribution >= 0.6 is 0 Å². The number of carbonyl (C=O) groups excluding carboxylic acids is 2. The lowest BCUT2D eigenvalue weighted by atomic mass is 9.94. The van der Waals surface area contributed by atoms with Gasteiger partial charge in [-0.1, -0.05) is 19.3 Å². The molecule has 1 aliphatic rings. The first-order valence-corrected chi connectivity index (χ1v) is 10.2. The number of ether oxygens (including phenoxy) is 1. The summed E-state index contributed by atoms with van der Waals surface area (Å²) in [5.74, 6) is 0. The average Bonchev–Trinajstić information content (AvgIpc) is 3.26. The highest BCUT2D eigenvalue weighted by Crippen LogP contribution is 2.25. The van der Waals surface area contributed by atoms with Crippen LogP contribution in [-0.2, 0) is 11.3 Å². The smallest absolute Gasteiger partial charge is 0.413 e. The molecule has 1 fully saturated rings. The predicted molar refractivity (Wildman–Crippen MR) is 112 cm³/mol. The van der Waals surface area contributed by atoms with Crippen LogP contribution in [0.4, 0.5) is 21.0 Å². The van der Waals surface area contributed by atoms with Crippen molar-refractivity contribution in [3.63, 3.8) is 0 Å². The zero-order valence-corrected chi connectivity index (χ0v) is 17.1. The maximum atomic E-state index is 13.1. The number of furan rings is 1. The van der Waals surface area contributed by atoms with Crippen molar-refractivity contribution in [1.29, 1.82) is 0 Å². The second-order valence-electron chi connectivity index (χ2n) is 7.29. The molecule has 1 aromatic carbocycles. The lowest BCUT2D eigenvalue weighted by Crippen LogP contribution is -2.43. The Bertz CT molecular complexity index is 783. The van der Waals surface area contributed by atoms with Crippen LogP contribution in [0.25, 0.3) is 0 Å². The molecule has 1 aliphatic carbocycles. The van der Waals surface area contributed by atoms with Gasteiger partial charge in [0.2, 0.25) is 0 Å². The highest BCUT2D eigenvalue weighted by molar-refractivity contribution is 5.91. The highest BCUT2D eigenvalue weighted by atomic mass is 16.6. The van der Waals surface area contributed by atoms with E-state index in [2.05, 4.69) is 5.32 Å². The standard InChI is InChI=1S/C22H29N3O4/c1-3-29-22(27)24(2)19-11-9-18(10-12-19)23-21(26)25(15-17-13-14-28-16-17)20-7-5-4-6-8-20/h9-14,16,20H,3-8,15H2,1-2H3,(H,23,26). The van der Waals surface area contributed by atoms with Crippen molar-refractivity contribution < 1.29 is 18.7 Å². The van der Waals surface area contributed by atoms with Gasteiger partial charge in [0.25, 0.3) is 0 Å². The van der Waals surface area contributed by atoms with E-state index in [0.29, 0.717) is 24.5 Å². The summed E-state index contributed by atoms with van der Waals surface area (Å²) >= 11 is 0. The molecule has 3 amide bonds. The molecule has 3 rings (SSSR count).